The summed E-state index contributed by atoms with van der Waals surface area (Å²) in [6.45, 7) is 10.6. The zero-order valence-electron chi connectivity index (χ0n) is 62.6. The van der Waals surface area contributed by atoms with Crippen molar-refractivity contribution in [3.8, 4) is 58.1 Å². The maximum absolute atomic E-state index is 14.8. The number of fused-ring (bicyclic) bond motifs is 21. The predicted molar refractivity (Wildman–Crippen MR) is 403 cm³/mol. The summed E-state index contributed by atoms with van der Waals surface area (Å²) in [5.41, 5.74) is 10.3. The number of aromatic nitrogens is 2. The van der Waals surface area contributed by atoms with Gasteiger partial charge in [-0.2, -0.15) is 10.5 Å². The van der Waals surface area contributed by atoms with Gasteiger partial charge in [0.15, 0.2) is 57.1 Å². The molecule has 14 atom stereocenters. The second kappa shape index (κ2) is 26.0. The number of hydrogen-bond donors (Lipinski definition) is 5. The van der Waals surface area contributed by atoms with Crippen molar-refractivity contribution in [3.63, 3.8) is 0 Å². The molecule has 572 valence electrons. The molecule has 2 spiro atoms. The lowest BCUT2D eigenvalue weighted by atomic mass is 9.68. The number of carbonyl (C=O) groups excluding carboxylic acids is 6. The first kappa shape index (κ1) is 71.2. The highest BCUT2D eigenvalue weighted by atomic mass is 32.2. The van der Waals surface area contributed by atoms with Crippen LogP contribution < -0.4 is 43.8 Å². The standard InChI is InChI=1S/C41H39N5O9S.C41H41N5O8S/c1-17-32(48)22-12-24-25(13-42)46-26-14-52-40(50)41(39-21(10-11-43-41)20-8-6-7-9-23(20)44-39)15-56-38(31(46)30(45(24)4)27(22)33(49)35(17)51-5)29-28(26)37-36(53-16-54-37)18(2)34(29)55-19(3)47;1-18-12-21-13-25-26(14-42)46-27-15-51-40(49)41(39-23(10-11-43-41)22-8-6-7-9-24(22)44-39)16-55-38(32(46)31(45(25)4)28(21)33(48)34(18)50-5)30-29(27)37-36(52-17-53-37)19(2)35(30)54-20(3)47/h6-9,24-26,30-31,38,43-44H,10-12,14-16H2,1-5H3;6-9,12,25-27,31-32,38,43-44,48H,10-11,13,15-17H2,1-5H3/t24?,25-,26-,30?,31?,38+,41+;25?,26-,27-,31?,32?,38+,41+/m00/s1. The van der Waals surface area contributed by atoms with Crippen LogP contribution >= 0.6 is 23.5 Å². The number of ketones is 2. The number of hydrogen-bond acceptors (Lipinski definition) is 27. The number of Topliss-reactive ketones (excluding diaryl/α,β-unsaturated/α-hetero) is 2. The number of aromatic hydroxyl groups is 1. The number of thioether (sulfide) groups is 2. The molecule has 14 aliphatic heterocycles. The summed E-state index contributed by atoms with van der Waals surface area (Å²) in [7, 11) is 6.86. The number of piperazine rings is 2. The lowest BCUT2D eigenvalue weighted by Gasteiger charge is -2.62. The van der Waals surface area contributed by atoms with Gasteiger partial charge in [0.25, 0.3) is 0 Å². The molecule has 2 aromatic heterocycles. The van der Waals surface area contributed by atoms with Gasteiger partial charge >= 0.3 is 23.9 Å². The average molecular weight is 1540 g/mol. The molecule has 5 N–H and O–H groups in total. The molecular formula is C82H80N10O17S2. The van der Waals surface area contributed by atoms with Gasteiger partial charge in [0.2, 0.25) is 19.4 Å². The van der Waals surface area contributed by atoms with Crippen molar-refractivity contribution >= 4 is 80.8 Å². The van der Waals surface area contributed by atoms with Crippen molar-refractivity contribution in [2.75, 3.05) is 79.7 Å². The topological polar surface area (TPSA) is 331 Å². The third-order valence-corrected chi connectivity index (χ3v) is 28.7. The first-order valence-electron chi connectivity index (χ1n) is 37.4. The summed E-state index contributed by atoms with van der Waals surface area (Å²) in [5, 5.41) is 42.5. The summed E-state index contributed by atoms with van der Waals surface area (Å²) in [6.07, 6.45) is 2.11. The van der Waals surface area contributed by atoms with Crippen molar-refractivity contribution in [3.05, 3.63) is 150 Å². The molecule has 8 bridgehead atoms. The van der Waals surface area contributed by atoms with E-state index in [2.05, 4.69) is 64.5 Å². The number of para-hydroxylation sites is 2. The van der Waals surface area contributed by atoms with E-state index in [1.165, 1.54) is 32.7 Å². The Balaban J connectivity index is 0.000000150. The fourth-order valence-electron chi connectivity index (χ4n) is 21.2. The number of allylic oxidation sites excluding steroid dienone is 2. The number of esters is 4. The molecule has 5 aromatic carbocycles. The number of nitriles is 2. The van der Waals surface area contributed by atoms with Gasteiger partial charge in [-0.25, -0.2) is 9.59 Å². The van der Waals surface area contributed by atoms with Crippen LogP contribution in [0.1, 0.15) is 128 Å². The van der Waals surface area contributed by atoms with E-state index in [0.29, 0.717) is 105 Å². The zero-order valence-corrected chi connectivity index (χ0v) is 64.2. The van der Waals surface area contributed by atoms with Crippen molar-refractivity contribution in [2.24, 2.45) is 0 Å². The largest absolute Gasteiger partial charge is 0.504 e. The highest BCUT2D eigenvalue weighted by molar-refractivity contribution is 7.99. The fourth-order valence-corrected chi connectivity index (χ4v) is 24.6. The molecule has 111 heavy (non-hydrogen) atoms. The van der Waals surface area contributed by atoms with Crippen LogP contribution in [0.25, 0.3) is 21.8 Å². The second-order valence-corrected chi connectivity index (χ2v) is 33.2. The smallest absolute Gasteiger partial charge is 0.333 e. The Morgan fingerprint density at radius 2 is 1.08 bits per heavy atom. The first-order valence-corrected chi connectivity index (χ1v) is 39.5. The van der Waals surface area contributed by atoms with E-state index in [1.807, 2.05) is 77.3 Å². The monoisotopic (exact) mass is 1540 g/mol. The molecule has 16 heterocycles. The Labute approximate surface area is 646 Å². The Morgan fingerprint density at radius 1 is 0.604 bits per heavy atom. The quantitative estimate of drug-likeness (QED) is 0.0628. The van der Waals surface area contributed by atoms with E-state index in [1.54, 1.807) is 25.8 Å². The predicted octanol–water partition coefficient (Wildman–Crippen LogP) is 8.33. The first-order chi connectivity index (χ1) is 53.6. The van der Waals surface area contributed by atoms with Crippen molar-refractivity contribution < 1.29 is 81.2 Å². The van der Waals surface area contributed by atoms with Crippen LogP contribution in [-0.4, -0.2) is 192 Å². The maximum atomic E-state index is 14.8. The van der Waals surface area contributed by atoms with E-state index in [-0.39, 0.29) is 79.4 Å². The van der Waals surface area contributed by atoms with Gasteiger partial charge in [-0.15, -0.1) is 23.5 Å². The molecule has 0 saturated carbocycles. The van der Waals surface area contributed by atoms with Crippen LogP contribution in [0.4, 0.5) is 0 Å². The Kier molecular flexibility index (Phi) is 16.7. The Bertz CT molecular complexity index is 5500. The molecule has 1 aliphatic carbocycles. The van der Waals surface area contributed by atoms with Crippen LogP contribution in [0, 0.1) is 43.4 Å². The van der Waals surface area contributed by atoms with Gasteiger partial charge in [0, 0.05) is 140 Å². The van der Waals surface area contributed by atoms with E-state index in [4.69, 9.17) is 47.4 Å². The van der Waals surface area contributed by atoms with Crippen LogP contribution in [-0.2, 0) is 73.3 Å². The van der Waals surface area contributed by atoms with Gasteiger partial charge in [-0.1, -0.05) is 42.5 Å². The van der Waals surface area contributed by atoms with Crippen molar-refractivity contribution in [2.45, 2.75) is 149 Å². The van der Waals surface area contributed by atoms with E-state index in [0.717, 1.165) is 73.0 Å². The number of aromatic amines is 2. The fraction of sp³-hybridized carbons (Fsp3) is 0.439. The van der Waals surface area contributed by atoms with Crippen molar-refractivity contribution in [1.29, 1.82) is 10.5 Å². The summed E-state index contributed by atoms with van der Waals surface area (Å²) in [6, 6.07) is 17.3. The molecule has 27 nitrogen and oxygen atoms in total. The number of H-pyrrole nitrogens is 2. The number of nitrogens with one attached hydrogen (secondary N) is 4. The lowest BCUT2D eigenvalue weighted by Crippen LogP contribution is -2.73. The van der Waals surface area contributed by atoms with Gasteiger partial charge in [-0.05, 0) is 102 Å². The molecule has 7 aromatic rings. The number of ether oxygens (including phenoxy) is 10. The van der Waals surface area contributed by atoms with Crippen LogP contribution in [0.15, 0.2) is 77.1 Å². The molecule has 4 fully saturated rings. The number of likely N-dealkylation sites (N-methyl/N-ethyl adjacent to an activating group) is 2. The minimum atomic E-state index is -1.30. The number of benzene rings is 5. The normalized spacial score (nSPS) is 29.9. The number of rotatable bonds is 4. The molecule has 15 aliphatic rings. The van der Waals surface area contributed by atoms with Crippen molar-refractivity contribution in [1.82, 2.24) is 40.2 Å². The van der Waals surface area contributed by atoms with Crippen LogP contribution in [0.2, 0.25) is 0 Å². The summed E-state index contributed by atoms with van der Waals surface area (Å²) in [5.74, 6) is 0.814. The highest BCUT2D eigenvalue weighted by Crippen LogP contribution is 2.67. The average Bonchev–Trinajstić information content (AvgIpc) is 1.20. The third-order valence-electron chi connectivity index (χ3n) is 25.7. The number of carbonyl (C=O) groups is 6. The second-order valence-electron chi connectivity index (χ2n) is 30.9. The van der Waals surface area contributed by atoms with Crippen LogP contribution in [0.5, 0.6) is 46.0 Å². The SMILES string of the molecule is COC1=C(C)C(=O)C2=C(C1=O)C1C3[C@@H]4SC[C@]5(NCCc6c5[nH]c5ccccc65)C(=O)OC[C@@H](c5c6c(c(C)c(OC(C)=O)c54)OCO6)N3[C@@H](C#N)C(C2)N1C.COc1c(C)cc2c(c1O)C1C3[C@@H]4SC[C@]5(NCCc6c5[nH]c5ccccc65)C(=O)OC[C@@H](c5c6c(c(C)c(OC(C)=O)c54)OCO6)N3[C@@H](C#N)C(C2)N1C. The van der Waals surface area contributed by atoms with E-state index in [9.17, 15) is 44.4 Å². The van der Waals surface area contributed by atoms with Crippen LogP contribution in [0.3, 0.4) is 0 Å². The Morgan fingerprint density at radius 3 is 1.57 bits per heavy atom. The molecule has 0 amide bonds. The minimum absolute atomic E-state index is 0.00178. The number of nitrogens with zero attached hydrogens (tertiary/aromatic N) is 6. The third kappa shape index (κ3) is 9.85. The molecule has 22 rings (SSSR count). The minimum Gasteiger partial charge on any atom is -0.504 e. The molecule has 0 radical (unpaired) electrons. The van der Waals surface area contributed by atoms with E-state index < -0.39 is 99.8 Å². The van der Waals surface area contributed by atoms with Gasteiger partial charge < -0.3 is 62.4 Å². The molecule has 6 unspecified atom stereocenters. The number of methoxy groups -OCH3 is 2. The van der Waals surface area contributed by atoms with E-state index >= 15 is 0 Å². The summed E-state index contributed by atoms with van der Waals surface area (Å²) in [4.78, 5) is 99.9. The molecule has 4 saturated heterocycles. The molecule has 29 heteroatoms. The number of aryl methyl sites for hydroxylation is 1. The number of phenolic OH excluding ortho intramolecular Hbond substituents is 1. The maximum Gasteiger partial charge on any atom is 0.333 e. The summed E-state index contributed by atoms with van der Waals surface area (Å²) < 4.78 is 61.2. The number of phenols is 1. The lowest BCUT2D eigenvalue weighted by molar-refractivity contribution is -0.158. The van der Waals surface area contributed by atoms with Gasteiger partial charge in [0.05, 0.1) is 72.4 Å². The van der Waals surface area contributed by atoms with Gasteiger partial charge in [-0.3, -0.25) is 49.4 Å². The van der Waals surface area contributed by atoms with Gasteiger partial charge in [0.1, 0.15) is 36.8 Å². The zero-order chi connectivity index (χ0) is 77.0. The summed E-state index contributed by atoms with van der Waals surface area (Å²) >= 11 is 3.02. The highest BCUT2D eigenvalue weighted by Gasteiger charge is 2.66. The Hall–Kier alpha value is -10.1. The molecular weight excluding hydrogens is 1460 g/mol.